The summed E-state index contributed by atoms with van der Waals surface area (Å²) in [5, 5.41) is 14.4. The summed E-state index contributed by atoms with van der Waals surface area (Å²) in [6.45, 7) is 0. The molecule has 0 aliphatic carbocycles. The van der Waals surface area contributed by atoms with Crippen LogP contribution in [0.1, 0.15) is 0 Å². The number of benzene rings is 12. The third-order valence-corrected chi connectivity index (χ3v) is 13.2. The van der Waals surface area contributed by atoms with Gasteiger partial charge in [-0.3, -0.25) is 0 Å². The van der Waals surface area contributed by atoms with Gasteiger partial charge in [0.05, 0.1) is 0 Å². The highest BCUT2D eigenvalue weighted by Gasteiger charge is 2.20. The van der Waals surface area contributed by atoms with Crippen LogP contribution in [0, 0.1) is 0 Å². The second-order valence-corrected chi connectivity index (χ2v) is 16.8. The first-order chi connectivity index (χ1) is 31.2. The Morgan fingerprint density at radius 1 is 0.222 bits per heavy atom. The van der Waals surface area contributed by atoms with Crippen molar-refractivity contribution >= 4 is 75.8 Å². The molecule has 0 N–H and O–H groups in total. The zero-order chi connectivity index (χ0) is 41.4. The Kier molecular flexibility index (Phi) is 7.98. The first-order valence-electron chi connectivity index (χ1n) is 21.7. The molecule has 0 saturated heterocycles. The lowest BCUT2D eigenvalue weighted by Crippen LogP contribution is -1.93. The number of para-hydroxylation sites is 1. The maximum atomic E-state index is 6.55. The van der Waals surface area contributed by atoms with E-state index in [1.165, 1.54) is 104 Å². The lowest BCUT2D eigenvalue weighted by molar-refractivity contribution is 0.672. The maximum Gasteiger partial charge on any atom is 0.143 e. The Balaban J connectivity index is 1.09. The summed E-state index contributed by atoms with van der Waals surface area (Å²) >= 11 is 0. The fourth-order valence-corrected chi connectivity index (χ4v) is 10.2. The Bertz CT molecular complexity index is 3980. The predicted molar refractivity (Wildman–Crippen MR) is 268 cm³/mol. The Hall–Kier alpha value is -8.26. The maximum absolute atomic E-state index is 6.55. The molecule has 0 atom stereocenters. The number of hydrogen-bond acceptors (Lipinski definition) is 1. The molecule has 0 aliphatic rings. The van der Waals surface area contributed by atoms with Crippen LogP contribution in [0.3, 0.4) is 0 Å². The fourth-order valence-electron chi connectivity index (χ4n) is 10.2. The minimum atomic E-state index is 0.906. The largest absolute Gasteiger partial charge is 0.455 e. The predicted octanol–water partition coefficient (Wildman–Crippen LogP) is 17.7. The molecule has 12 aromatic carbocycles. The molecular weight excluding hydrogens is 761 g/mol. The fraction of sp³-hybridized carbons (Fsp3) is 0. The van der Waals surface area contributed by atoms with Gasteiger partial charge in [-0.1, -0.05) is 188 Å². The van der Waals surface area contributed by atoms with Crippen LogP contribution in [-0.4, -0.2) is 0 Å². The normalized spacial score (nSPS) is 11.8. The van der Waals surface area contributed by atoms with E-state index >= 15 is 0 Å². The lowest BCUT2D eigenvalue weighted by Gasteiger charge is -2.20. The van der Waals surface area contributed by atoms with E-state index in [2.05, 4.69) is 224 Å². The highest BCUT2D eigenvalue weighted by Crippen LogP contribution is 2.47. The van der Waals surface area contributed by atoms with Crippen LogP contribution < -0.4 is 0 Å². The number of hydrogen-bond donors (Lipinski definition) is 0. The third-order valence-electron chi connectivity index (χ3n) is 13.2. The molecular formula is C62H38O. The van der Waals surface area contributed by atoms with E-state index in [4.69, 9.17) is 4.42 Å². The minimum absolute atomic E-state index is 0.906. The first-order valence-corrected chi connectivity index (χ1v) is 21.7. The second kappa shape index (κ2) is 14.2. The van der Waals surface area contributed by atoms with Gasteiger partial charge in [-0.25, -0.2) is 0 Å². The number of rotatable bonds is 5. The molecule has 13 rings (SSSR count). The van der Waals surface area contributed by atoms with Crippen LogP contribution >= 0.6 is 0 Å². The van der Waals surface area contributed by atoms with Gasteiger partial charge >= 0.3 is 0 Å². The summed E-state index contributed by atoms with van der Waals surface area (Å²) < 4.78 is 6.55. The van der Waals surface area contributed by atoms with E-state index in [0.717, 1.165) is 27.3 Å². The van der Waals surface area contributed by atoms with Crippen LogP contribution in [0.5, 0.6) is 0 Å². The van der Waals surface area contributed by atoms with Crippen LogP contribution in [0.25, 0.3) is 131 Å². The molecule has 0 radical (unpaired) electrons. The summed E-state index contributed by atoms with van der Waals surface area (Å²) in [5.41, 5.74) is 13.9. The smallest absolute Gasteiger partial charge is 0.143 e. The van der Waals surface area contributed by atoms with Crippen molar-refractivity contribution in [3.63, 3.8) is 0 Å². The molecule has 0 aliphatic heterocycles. The Morgan fingerprint density at radius 3 is 1.32 bits per heavy atom. The summed E-state index contributed by atoms with van der Waals surface area (Å²) in [6, 6.07) is 84.6. The average Bonchev–Trinajstić information content (AvgIpc) is 3.74. The van der Waals surface area contributed by atoms with Crippen molar-refractivity contribution < 1.29 is 4.42 Å². The van der Waals surface area contributed by atoms with Crippen LogP contribution in [0.15, 0.2) is 235 Å². The second-order valence-electron chi connectivity index (χ2n) is 16.8. The standard InChI is InChI=1S/C62H38O/c1-3-15-41-33-45(29-27-39(41)13-1)43-17-11-19-48(35-43)60-52-23-6-7-24-53(52)61(49-20-12-18-44(36-49)46-30-28-40-14-2-4-16-42(40)34-46)57-37-47(31-32-54(57)60)56-38-58-51-22-9-10-26-59(51)63-62(58)55-25-8-5-21-50(55)56/h1-38H. The van der Waals surface area contributed by atoms with Crippen molar-refractivity contribution in [1.29, 1.82) is 0 Å². The molecule has 0 unspecified atom stereocenters. The van der Waals surface area contributed by atoms with Crippen molar-refractivity contribution in [1.82, 2.24) is 0 Å². The quantitative estimate of drug-likeness (QED) is 0.158. The molecule has 0 spiro atoms. The van der Waals surface area contributed by atoms with E-state index in [-0.39, 0.29) is 0 Å². The molecule has 0 fully saturated rings. The van der Waals surface area contributed by atoms with Gasteiger partial charge in [-0.05, 0) is 147 Å². The van der Waals surface area contributed by atoms with Gasteiger partial charge in [0, 0.05) is 16.2 Å². The van der Waals surface area contributed by atoms with Gasteiger partial charge < -0.3 is 4.42 Å². The molecule has 63 heavy (non-hydrogen) atoms. The highest BCUT2D eigenvalue weighted by atomic mass is 16.3. The molecule has 0 saturated carbocycles. The summed E-state index contributed by atoms with van der Waals surface area (Å²) in [7, 11) is 0. The van der Waals surface area contributed by atoms with E-state index < -0.39 is 0 Å². The zero-order valence-corrected chi connectivity index (χ0v) is 34.3. The monoisotopic (exact) mass is 798 g/mol. The highest BCUT2D eigenvalue weighted by molar-refractivity contribution is 6.24. The van der Waals surface area contributed by atoms with Gasteiger partial charge in [0.2, 0.25) is 0 Å². The Labute approximate surface area is 364 Å². The van der Waals surface area contributed by atoms with Crippen LogP contribution in [-0.2, 0) is 0 Å². The first kappa shape index (κ1) is 35.5. The van der Waals surface area contributed by atoms with Crippen molar-refractivity contribution in [2.45, 2.75) is 0 Å². The van der Waals surface area contributed by atoms with Crippen molar-refractivity contribution in [3.05, 3.63) is 231 Å². The molecule has 292 valence electrons. The SMILES string of the molecule is c1cc(-c2ccc3ccccc3c2)cc(-c2c3ccccc3c(-c3cccc(-c4ccc5ccccc5c4)c3)c3cc(-c4cc5c6ccccc6oc5c5ccccc45)ccc23)c1. The van der Waals surface area contributed by atoms with E-state index in [1.54, 1.807) is 0 Å². The van der Waals surface area contributed by atoms with E-state index in [1.807, 2.05) is 6.07 Å². The number of furan rings is 1. The van der Waals surface area contributed by atoms with E-state index in [0.29, 0.717) is 0 Å². The number of fused-ring (bicyclic) bond motifs is 9. The summed E-state index contributed by atoms with van der Waals surface area (Å²) in [6.07, 6.45) is 0. The van der Waals surface area contributed by atoms with Crippen molar-refractivity contribution in [3.8, 4) is 55.6 Å². The molecule has 1 nitrogen and oxygen atoms in total. The topological polar surface area (TPSA) is 13.1 Å². The molecule has 13 aromatic rings. The minimum Gasteiger partial charge on any atom is -0.455 e. The third kappa shape index (κ3) is 5.78. The molecule has 0 amide bonds. The van der Waals surface area contributed by atoms with Gasteiger partial charge in [0.15, 0.2) is 0 Å². The molecule has 1 heterocycles. The van der Waals surface area contributed by atoms with Crippen molar-refractivity contribution in [2.75, 3.05) is 0 Å². The molecule has 1 aromatic heterocycles. The zero-order valence-electron chi connectivity index (χ0n) is 34.3. The summed E-state index contributed by atoms with van der Waals surface area (Å²) in [5.74, 6) is 0. The Morgan fingerprint density at radius 2 is 0.683 bits per heavy atom. The average molecular weight is 799 g/mol. The van der Waals surface area contributed by atoms with E-state index in [9.17, 15) is 0 Å². The van der Waals surface area contributed by atoms with Gasteiger partial charge in [-0.15, -0.1) is 0 Å². The van der Waals surface area contributed by atoms with Gasteiger partial charge in [-0.2, -0.15) is 0 Å². The molecule has 0 bridgehead atoms. The van der Waals surface area contributed by atoms with Crippen molar-refractivity contribution in [2.24, 2.45) is 0 Å². The van der Waals surface area contributed by atoms with Gasteiger partial charge in [0.1, 0.15) is 11.2 Å². The molecule has 1 heteroatoms. The van der Waals surface area contributed by atoms with Crippen LogP contribution in [0.4, 0.5) is 0 Å². The summed E-state index contributed by atoms with van der Waals surface area (Å²) in [4.78, 5) is 0. The lowest BCUT2D eigenvalue weighted by atomic mass is 9.83. The van der Waals surface area contributed by atoms with Gasteiger partial charge in [0.25, 0.3) is 0 Å². The van der Waals surface area contributed by atoms with Crippen LogP contribution in [0.2, 0.25) is 0 Å².